The van der Waals surface area contributed by atoms with E-state index in [4.69, 9.17) is 0 Å². The molecule has 3 rings (SSSR count). The van der Waals surface area contributed by atoms with Gasteiger partial charge in [0.2, 0.25) is 11.4 Å². The fourth-order valence-electron chi connectivity index (χ4n) is 12.4. The molecule has 1 heterocycles. The first-order valence-electron chi connectivity index (χ1n) is 37.1. The van der Waals surface area contributed by atoms with E-state index in [2.05, 4.69) is 106 Å². The minimum absolute atomic E-state index is 0. The quantitative estimate of drug-likeness (QED) is 0.0273. The van der Waals surface area contributed by atoms with Gasteiger partial charge in [-0.05, 0) is 117 Å². The molecular weight excluding hydrogens is 1050 g/mol. The van der Waals surface area contributed by atoms with Crippen molar-refractivity contribution in [2.75, 3.05) is 0 Å². The summed E-state index contributed by atoms with van der Waals surface area (Å²) in [6.07, 6.45) is 72.3. The van der Waals surface area contributed by atoms with Gasteiger partial charge in [0.1, 0.15) is 0 Å². The number of aryl methyl sites for hydroxylation is 4. The average Bonchev–Trinajstić information content (AvgIpc) is 2.10. The monoisotopic (exact) mass is 1190 g/mol. The predicted octanol–water partition coefficient (Wildman–Crippen LogP) is 28.3. The van der Waals surface area contributed by atoms with Gasteiger partial charge in [-0.15, -0.1) is 0 Å². The van der Waals surface area contributed by atoms with Crippen LogP contribution in [0, 0.1) is 13.8 Å². The Morgan fingerprint density at radius 1 is 0.265 bits per heavy atom. The molecule has 482 valence electrons. The van der Waals surface area contributed by atoms with E-state index >= 15 is 0 Å². The van der Waals surface area contributed by atoms with Crippen molar-refractivity contribution < 1.29 is 21.2 Å². The molecule has 83 heavy (non-hydrogen) atoms. The number of allylic oxidation sites excluding steroid dienone is 2. The molecule has 0 unspecified atom stereocenters. The molecule has 0 N–H and O–H groups in total. The van der Waals surface area contributed by atoms with Crippen LogP contribution in [0.5, 0.6) is 0 Å². The van der Waals surface area contributed by atoms with Crippen molar-refractivity contribution in [3.8, 4) is 0 Å². The van der Waals surface area contributed by atoms with Crippen molar-refractivity contribution in [3.05, 3.63) is 100 Å². The van der Waals surface area contributed by atoms with Gasteiger partial charge in [0.25, 0.3) is 0 Å². The predicted molar refractivity (Wildman–Crippen MR) is 372 cm³/mol. The molecule has 0 saturated heterocycles. The Hall–Kier alpha value is -1.99. The SMILES string of the molecule is CCCCCc1cc(CCCCC)cc(C2=C(CC)C(CCCC)=C(c3cc(CCCCC)cc(CCCCC)c3)[N+]2=[N-])c1.[CH2-]CCCCCCCCCCCCCCCCCC.[CH2-]CCCCCCCCCCCCCCCCCC.[Ni+2]. The summed E-state index contributed by atoms with van der Waals surface area (Å²) in [6, 6.07) is 14.5. The van der Waals surface area contributed by atoms with Gasteiger partial charge in [0.05, 0.1) is 0 Å². The molecule has 0 bridgehead atoms. The maximum absolute atomic E-state index is 12.3. The van der Waals surface area contributed by atoms with E-state index in [0.717, 1.165) is 75.6 Å². The molecule has 3 heteroatoms. The third kappa shape index (κ3) is 41.7. The second-order valence-electron chi connectivity index (χ2n) is 25.6. The fourth-order valence-corrected chi connectivity index (χ4v) is 12.4. The van der Waals surface area contributed by atoms with Gasteiger partial charge in [0.15, 0.2) is 0 Å². The smallest absolute Gasteiger partial charge is 0.493 e. The first kappa shape index (κ1) is 81.0. The van der Waals surface area contributed by atoms with E-state index in [0.29, 0.717) is 0 Å². The Bertz CT molecular complexity index is 1690. The maximum atomic E-state index is 12.3. The molecule has 2 nitrogen and oxygen atoms in total. The average molecular weight is 1190 g/mol. The van der Waals surface area contributed by atoms with E-state index in [-0.39, 0.29) is 16.5 Å². The van der Waals surface area contributed by atoms with Crippen molar-refractivity contribution in [2.45, 2.75) is 402 Å². The van der Waals surface area contributed by atoms with Gasteiger partial charge >= 0.3 is 16.5 Å². The summed E-state index contributed by atoms with van der Waals surface area (Å²) < 4.78 is 1.62. The second-order valence-corrected chi connectivity index (χ2v) is 25.6. The first-order valence-corrected chi connectivity index (χ1v) is 37.1. The van der Waals surface area contributed by atoms with E-state index < -0.39 is 0 Å². The third-order valence-corrected chi connectivity index (χ3v) is 17.6. The Kier molecular flexibility index (Phi) is 58.9. The summed E-state index contributed by atoms with van der Waals surface area (Å²) in [5, 5.41) is 0. The molecule has 2 aromatic carbocycles. The van der Waals surface area contributed by atoms with Crippen molar-refractivity contribution in [1.82, 2.24) is 0 Å². The Morgan fingerprint density at radius 2 is 0.482 bits per heavy atom. The molecule has 0 aromatic heterocycles. The third-order valence-electron chi connectivity index (χ3n) is 17.6. The molecule has 1 aliphatic heterocycles. The zero-order chi connectivity index (χ0) is 59.8. The molecule has 0 radical (unpaired) electrons. The summed E-state index contributed by atoms with van der Waals surface area (Å²) in [5.74, 6) is 0. The van der Waals surface area contributed by atoms with Gasteiger partial charge in [-0.2, -0.15) is 12.8 Å². The summed E-state index contributed by atoms with van der Waals surface area (Å²) >= 11 is 0. The van der Waals surface area contributed by atoms with E-state index in [9.17, 15) is 5.53 Å². The minimum atomic E-state index is 0. The van der Waals surface area contributed by atoms with Gasteiger partial charge in [-0.25, -0.2) is 4.70 Å². The number of benzene rings is 2. The van der Waals surface area contributed by atoms with Crippen molar-refractivity contribution in [1.29, 1.82) is 0 Å². The van der Waals surface area contributed by atoms with Crippen molar-refractivity contribution in [3.63, 3.8) is 0 Å². The molecule has 0 amide bonds. The van der Waals surface area contributed by atoms with Crippen LogP contribution >= 0.6 is 0 Å². The van der Waals surface area contributed by atoms with Gasteiger partial charge < -0.3 is 19.4 Å². The summed E-state index contributed by atoms with van der Waals surface area (Å²) in [4.78, 5) is 0. The molecule has 1 aliphatic rings. The fraction of sp³-hybridized carbons (Fsp3) is 0.775. The molecule has 0 saturated carbocycles. The zero-order valence-electron chi connectivity index (χ0n) is 57.3. The number of unbranched alkanes of at least 4 members (excludes halogenated alkanes) is 41. The van der Waals surface area contributed by atoms with Crippen LogP contribution in [0.15, 0.2) is 47.5 Å². The van der Waals surface area contributed by atoms with Crippen LogP contribution in [0.3, 0.4) is 0 Å². The molecule has 0 aliphatic carbocycles. The number of nitrogens with zero attached hydrogens (tertiary/aromatic N) is 2. The van der Waals surface area contributed by atoms with Gasteiger partial charge in [-0.1, -0.05) is 331 Å². The van der Waals surface area contributed by atoms with Crippen molar-refractivity contribution in [2.24, 2.45) is 0 Å². The summed E-state index contributed by atoms with van der Waals surface area (Å²) in [6.45, 7) is 26.1. The standard InChI is InChI=1S/C42H64N2.2C19H39.Ni/c1-7-13-18-22-33-27-34(23-19-14-8-2)30-37(29-33)41-39(12-6)40(26-17-11-5)42(44(41)43)38-31-35(24-20-15-9-3)28-36(32-38)25-21-16-10-4;2*1-3-5-7-9-11-13-15-17-19-18-16-14-12-10-8-6-4-2;/h27-32H,7-26H2,1-6H3;2*1,3-19H2,2H3;/q;2*-1;+2. The van der Waals surface area contributed by atoms with Crippen LogP contribution in [-0.4, -0.2) is 4.70 Å². The van der Waals surface area contributed by atoms with Crippen LogP contribution in [0.4, 0.5) is 0 Å². The first-order chi connectivity index (χ1) is 40.3. The number of hydrogen-bond donors (Lipinski definition) is 0. The molecule has 0 fully saturated rings. The normalized spacial score (nSPS) is 12.2. The number of hydrogen-bond acceptors (Lipinski definition) is 0. The Morgan fingerprint density at radius 3 is 0.711 bits per heavy atom. The summed E-state index contributed by atoms with van der Waals surface area (Å²) in [5.41, 5.74) is 25.2. The molecule has 0 spiro atoms. The van der Waals surface area contributed by atoms with E-state index in [1.54, 1.807) is 4.70 Å². The van der Waals surface area contributed by atoms with Crippen LogP contribution in [0.2, 0.25) is 0 Å². The van der Waals surface area contributed by atoms with Crippen molar-refractivity contribution >= 4 is 11.4 Å². The van der Waals surface area contributed by atoms with E-state index in [1.165, 1.54) is 327 Å². The Labute approximate surface area is 531 Å². The molecule has 0 atom stereocenters. The Balaban J connectivity index is 0.00000143. The minimum Gasteiger partial charge on any atom is -0.493 e. The zero-order valence-corrected chi connectivity index (χ0v) is 58.3. The second kappa shape index (κ2) is 60.3. The van der Waals surface area contributed by atoms with Gasteiger partial charge in [0, 0.05) is 22.3 Å². The molecular formula is C80H142N2Ni. The summed E-state index contributed by atoms with van der Waals surface area (Å²) in [7, 11) is 0. The topological polar surface area (TPSA) is 25.3 Å². The van der Waals surface area contributed by atoms with Crippen LogP contribution in [0.25, 0.3) is 16.9 Å². The van der Waals surface area contributed by atoms with E-state index in [1.807, 2.05) is 0 Å². The largest absolute Gasteiger partial charge is 2.00 e. The van der Waals surface area contributed by atoms with Crippen LogP contribution in [-0.2, 0) is 42.2 Å². The van der Waals surface area contributed by atoms with Crippen LogP contribution < -0.4 is 0 Å². The molecule has 2 aromatic rings. The maximum Gasteiger partial charge on any atom is 2.00 e. The van der Waals surface area contributed by atoms with Gasteiger partial charge in [-0.3, -0.25) is 0 Å². The number of rotatable bonds is 54. The van der Waals surface area contributed by atoms with Crippen LogP contribution in [0.1, 0.15) is 410 Å².